The smallest absolute Gasteiger partial charge is 0.165 e. The fourth-order valence-electron chi connectivity index (χ4n) is 7.41. The van der Waals surface area contributed by atoms with E-state index in [1.54, 1.807) is 11.3 Å². The van der Waals surface area contributed by atoms with Crippen molar-refractivity contribution in [2.24, 2.45) is 0 Å². The lowest BCUT2D eigenvalue weighted by atomic mass is 9.97. The lowest BCUT2D eigenvalue weighted by molar-refractivity contribution is 0.669. The summed E-state index contributed by atoms with van der Waals surface area (Å²) in [5.41, 5.74) is 6.90. The third-order valence-corrected chi connectivity index (χ3v) is 12.2. The van der Waals surface area contributed by atoms with Crippen LogP contribution in [-0.2, 0) is 0 Å². The maximum atomic E-state index is 6.49. The molecular weight excluding hydrogens is 663 g/mol. The summed E-state index contributed by atoms with van der Waals surface area (Å²) in [6.45, 7) is 0. The molecule has 11 aromatic rings. The molecule has 0 bridgehead atoms. The van der Waals surface area contributed by atoms with Gasteiger partial charge in [0.2, 0.25) is 0 Å². The molecule has 11 rings (SSSR count). The SMILES string of the molecule is c1ccc(-c2nc(-c3ccc4oc5cccc(-c6cccc7c6sc6ccccc67)c5c4c3)nc(-c3cccc4c3sc3ccccc34)n2)cc1. The van der Waals surface area contributed by atoms with E-state index in [4.69, 9.17) is 19.4 Å². The van der Waals surface area contributed by atoms with Crippen LogP contribution >= 0.6 is 22.7 Å². The van der Waals surface area contributed by atoms with Gasteiger partial charge in [-0.3, -0.25) is 0 Å². The van der Waals surface area contributed by atoms with Gasteiger partial charge >= 0.3 is 0 Å². The van der Waals surface area contributed by atoms with Gasteiger partial charge < -0.3 is 4.42 Å². The van der Waals surface area contributed by atoms with Gasteiger partial charge in [0.1, 0.15) is 11.2 Å². The molecule has 0 radical (unpaired) electrons. The van der Waals surface area contributed by atoms with Crippen LogP contribution in [0.15, 0.2) is 156 Å². The molecule has 0 saturated heterocycles. The van der Waals surface area contributed by atoms with Crippen LogP contribution in [0.25, 0.3) is 108 Å². The zero-order valence-corrected chi connectivity index (χ0v) is 28.6. The molecular formula is C45H25N3OS2. The average Bonchev–Trinajstić information content (AvgIpc) is 3.89. The van der Waals surface area contributed by atoms with Crippen molar-refractivity contribution in [3.05, 3.63) is 152 Å². The molecule has 0 fully saturated rings. The van der Waals surface area contributed by atoms with Gasteiger partial charge in [-0.2, -0.15) is 0 Å². The molecule has 0 aliphatic heterocycles. The van der Waals surface area contributed by atoms with Gasteiger partial charge in [0.25, 0.3) is 0 Å². The molecule has 7 aromatic carbocycles. The van der Waals surface area contributed by atoms with E-state index in [-0.39, 0.29) is 0 Å². The Morgan fingerprint density at radius 3 is 1.69 bits per heavy atom. The quantitative estimate of drug-likeness (QED) is 0.185. The highest BCUT2D eigenvalue weighted by Gasteiger charge is 2.20. The minimum atomic E-state index is 0.623. The molecule has 0 aliphatic rings. The number of fused-ring (bicyclic) bond motifs is 9. The molecule has 238 valence electrons. The van der Waals surface area contributed by atoms with Crippen molar-refractivity contribution >= 4 is 85.0 Å². The van der Waals surface area contributed by atoms with Crippen molar-refractivity contribution in [1.29, 1.82) is 0 Å². The topological polar surface area (TPSA) is 51.8 Å². The number of nitrogens with zero attached hydrogens (tertiary/aromatic N) is 3. The summed E-state index contributed by atoms with van der Waals surface area (Å²) in [6.07, 6.45) is 0. The highest BCUT2D eigenvalue weighted by molar-refractivity contribution is 7.26. The van der Waals surface area contributed by atoms with Gasteiger partial charge in [0, 0.05) is 73.4 Å². The monoisotopic (exact) mass is 687 g/mol. The molecule has 4 heterocycles. The van der Waals surface area contributed by atoms with Crippen molar-refractivity contribution in [3.8, 4) is 45.3 Å². The number of rotatable bonds is 4. The predicted molar refractivity (Wildman–Crippen MR) is 215 cm³/mol. The zero-order valence-electron chi connectivity index (χ0n) is 27.0. The van der Waals surface area contributed by atoms with Crippen molar-refractivity contribution in [2.75, 3.05) is 0 Å². The van der Waals surface area contributed by atoms with Crippen LogP contribution in [0.5, 0.6) is 0 Å². The van der Waals surface area contributed by atoms with E-state index in [0.717, 1.165) is 44.2 Å². The fraction of sp³-hybridized carbons (Fsp3) is 0. The molecule has 0 saturated carbocycles. The minimum Gasteiger partial charge on any atom is -0.456 e. The number of aromatic nitrogens is 3. The van der Waals surface area contributed by atoms with Gasteiger partial charge in [0.15, 0.2) is 17.5 Å². The van der Waals surface area contributed by atoms with Crippen LogP contribution in [0, 0.1) is 0 Å². The van der Waals surface area contributed by atoms with Crippen molar-refractivity contribution in [3.63, 3.8) is 0 Å². The number of furan rings is 1. The summed E-state index contributed by atoms with van der Waals surface area (Å²) in [5, 5.41) is 7.15. The summed E-state index contributed by atoms with van der Waals surface area (Å²) in [6, 6.07) is 53.1. The molecule has 0 spiro atoms. The lowest BCUT2D eigenvalue weighted by Crippen LogP contribution is -2.00. The van der Waals surface area contributed by atoms with E-state index in [2.05, 4.69) is 127 Å². The number of hydrogen-bond donors (Lipinski definition) is 0. The second-order valence-electron chi connectivity index (χ2n) is 12.7. The van der Waals surface area contributed by atoms with Gasteiger partial charge in [0.05, 0.1) is 0 Å². The van der Waals surface area contributed by atoms with Crippen molar-refractivity contribution < 1.29 is 4.42 Å². The van der Waals surface area contributed by atoms with Crippen LogP contribution in [0.3, 0.4) is 0 Å². The van der Waals surface area contributed by atoms with Gasteiger partial charge in [-0.15, -0.1) is 22.7 Å². The largest absolute Gasteiger partial charge is 0.456 e. The highest BCUT2D eigenvalue weighted by Crippen LogP contribution is 2.45. The first-order valence-corrected chi connectivity index (χ1v) is 18.5. The molecule has 51 heavy (non-hydrogen) atoms. The summed E-state index contributed by atoms with van der Waals surface area (Å²) in [7, 11) is 0. The standard InChI is InChI=1S/C45H25N3OS2/c1-2-11-26(12-3-1)43-46-44(48-45(47-43)34-19-9-17-32-29-14-5-7-22-39(29)51-42(32)34)27-23-24-36-35(25-27)40-30(15-10-20-37(40)49-36)33-18-8-16-31-28-13-4-6-21-38(28)50-41(31)33/h1-25H. The van der Waals surface area contributed by atoms with Crippen molar-refractivity contribution in [2.45, 2.75) is 0 Å². The normalized spacial score (nSPS) is 11.9. The third-order valence-electron chi connectivity index (χ3n) is 9.76. The van der Waals surface area contributed by atoms with Gasteiger partial charge in [-0.05, 0) is 48.0 Å². The molecule has 0 N–H and O–H groups in total. The van der Waals surface area contributed by atoms with E-state index in [9.17, 15) is 0 Å². The number of hydrogen-bond acceptors (Lipinski definition) is 6. The number of benzene rings is 7. The Morgan fingerprint density at radius 1 is 0.373 bits per heavy atom. The van der Waals surface area contributed by atoms with E-state index < -0.39 is 0 Å². The third kappa shape index (κ3) is 4.47. The van der Waals surface area contributed by atoms with Gasteiger partial charge in [-0.1, -0.05) is 109 Å². The summed E-state index contributed by atoms with van der Waals surface area (Å²) < 4.78 is 11.5. The fourth-order valence-corrected chi connectivity index (χ4v) is 9.86. The lowest BCUT2D eigenvalue weighted by Gasteiger charge is -2.09. The van der Waals surface area contributed by atoms with Crippen LogP contribution < -0.4 is 0 Å². The Balaban J connectivity index is 1.14. The van der Waals surface area contributed by atoms with Crippen LogP contribution in [0.4, 0.5) is 0 Å². The second-order valence-corrected chi connectivity index (χ2v) is 14.8. The van der Waals surface area contributed by atoms with E-state index in [1.807, 2.05) is 35.6 Å². The summed E-state index contributed by atoms with van der Waals surface area (Å²) in [4.78, 5) is 15.4. The Kier molecular flexibility index (Phi) is 6.26. The maximum absolute atomic E-state index is 6.49. The summed E-state index contributed by atoms with van der Waals surface area (Å²) in [5.74, 6) is 1.92. The average molecular weight is 688 g/mol. The Bertz CT molecular complexity index is 3160. The molecule has 0 atom stereocenters. The molecule has 4 nitrogen and oxygen atoms in total. The van der Waals surface area contributed by atoms with Crippen LogP contribution in [0.2, 0.25) is 0 Å². The van der Waals surface area contributed by atoms with Gasteiger partial charge in [-0.25, -0.2) is 15.0 Å². The number of thiophene rings is 2. The molecule has 0 unspecified atom stereocenters. The second kappa shape index (κ2) is 11.2. The van der Waals surface area contributed by atoms with E-state index in [1.165, 1.54) is 45.9 Å². The predicted octanol–water partition coefficient (Wildman–Crippen LogP) is 13.2. The highest BCUT2D eigenvalue weighted by atomic mass is 32.1. The van der Waals surface area contributed by atoms with Crippen LogP contribution in [-0.4, -0.2) is 15.0 Å². The minimum absolute atomic E-state index is 0.623. The Morgan fingerprint density at radius 2 is 0.941 bits per heavy atom. The Hall–Kier alpha value is -6.21. The molecule has 0 amide bonds. The first-order chi connectivity index (χ1) is 25.3. The van der Waals surface area contributed by atoms with E-state index in [0.29, 0.717) is 17.5 Å². The zero-order chi connectivity index (χ0) is 33.5. The molecule has 0 aliphatic carbocycles. The summed E-state index contributed by atoms with van der Waals surface area (Å²) >= 11 is 3.62. The maximum Gasteiger partial charge on any atom is 0.165 e. The van der Waals surface area contributed by atoms with Crippen LogP contribution in [0.1, 0.15) is 0 Å². The van der Waals surface area contributed by atoms with E-state index >= 15 is 0 Å². The molecule has 4 aromatic heterocycles. The van der Waals surface area contributed by atoms with Crippen molar-refractivity contribution in [1.82, 2.24) is 15.0 Å². The Labute approximate surface area is 299 Å². The molecule has 6 heteroatoms. The first-order valence-electron chi connectivity index (χ1n) is 16.9. The first kappa shape index (κ1) is 28.6.